The number of nitrogens with two attached hydrogens (primary N) is 1. The Morgan fingerprint density at radius 1 is 1.40 bits per heavy atom. The van der Waals surface area contributed by atoms with Crippen molar-refractivity contribution in [2.45, 2.75) is 44.7 Å². The lowest BCUT2D eigenvalue weighted by Crippen LogP contribution is -2.40. The lowest BCUT2D eigenvalue weighted by molar-refractivity contribution is -0.126. The van der Waals surface area contributed by atoms with Crippen LogP contribution in [0.15, 0.2) is 24.3 Å². The number of nitrogens with one attached hydrogen (secondary N) is 1. The highest BCUT2D eigenvalue weighted by Gasteiger charge is 2.31. The second-order valence-corrected chi connectivity index (χ2v) is 5.44. The lowest BCUT2D eigenvalue weighted by Gasteiger charge is -2.22. The largest absolute Gasteiger partial charge is 0.497 e. The molecule has 110 valence electrons. The van der Waals surface area contributed by atoms with Gasteiger partial charge in [0.2, 0.25) is 5.91 Å². The summed E-state index contributed by atoms with van der Waals surface area (Å²) in [6, 6.07) is 7.91. The highest BCUT2D eigenvalue weighted by Crippen LogP contribution is 2.26. The lowest BCUT2D eigenvalue weighted by atomic mass is 10.00. The molecule has 1 saturated carbocycles. The van der Waals surface area contributed by atoms with Crippen molar-refractivity contribution in [1.82, 2.24) is 5.32 Å². The van der Waals surface area contributed by atoms with Crippen LogP contribution in [0.3, 0.4) is 0 Å². The molecule has 0 aliphatic heterocycles. The number of ether oxygens (including phenoxy) is 1. The smallest absolute Gasteiger partial charge is 0.225 e. The number of hydrogen-bond acceptors (Lipinski definition) is 3. The molecular weight excluding hydrogens is 252 g/mol. The first-order chi connectivity index (χ1) is 9.65. The summed E-state index contributed by atoms with van der Waals surface area (Å²) in [6.45, 7) is 2.07. The molecule has 0 saturated heterocycles. The Kier molecular flexibility index (Phi) is 5.01. The van der Waals surface area contributed by atoms with E-state index >= 15 is 0 Å². The molecule has 2 rings (SSSR count). The summed E-state index contributed by atoms with van der Waals surface area (Å²) in [6.07, 6.45) is 3.78. The van der Waals surface area contributed by atoms with Gasteiger partial charge in [-0.05, 0) is 37.0 Å². The first-order valence-electron chi connectivity index (χ1n) is 7.35. The molecule has 1 aromatic rings. The summed E-state index contributed by atoms with van der Waals surface area (Å²) in [4.78, 5) is 12.3. The maximum atomic E-state index is 12.3. The number of amides is 1. The zero-order valence-corrected chi connectivity index (χ0v) is 12.3. The van der Waals surface area contributed by atoms with Gasteiger partial charge < -0.3 is 15.8 Å². The SMILES string of the molecule is CCC(NC(=O)C1CCCC1N)c1ccc(OC)cc1. The molecule has 1 aliphatic carbocycles. The zero-order chi connectivity index (χ0) is 14.5. The van der Waals surface area contributed by atoms with Crippen molar-refractivity contribution in [3.05, 3.63) is 29.8 Å². The summed E-state index contributed by atoms with van der Waals surface area (Å²) in [5.74, 6) is 0.896. The highest BCUT2D eigenvalue weighted by molar-refractivity contribution is 5.80. The van der Waals surface area contributed by atoms with E-state index in [1.54, 1.807) is 7.11 Å². The molecule has 3 unspecified atom stereocenters. The van der Waals surface area contributed by atoms with Crippen molar-refractivity contribution < 1.29 is 9.53 Å². The quantitative estimate of drug-likeness (QED) is 0.868. The van der Waals surface area contributed by atoms with E-state index in [0.717, 1.165) is 37.0 Å². The van der Waals surface area contributed by atoms with E-state index in [2.05, 4.69) is 12.2 Å². The maximum Gasteiger partial charge on any atom is 0.225 e. The molecule has 3 atom stereocenters. The third-order valence-corrected chi connectivity index (χ3v) is 4.15. The second-order valence-electron chi connectivity index (χ2n) is 5.44. The first kappa shape index (κ1) is 14.9. The Morgan fingerprint density at radius 3 is 2.60 bits per heavy atom. The molecule has 0 spiro atoms. The Labute approximate surface area is 120 Å². The molecule has 4 nitrogen and oxygen atoms in total. The van der Waals surface area contributed by atoms with Crippen LogP contribution in [0.25, 0.3) is 0 Å². The van der Waals surface area contributed by atoms with Crippen LogP contribution in [0.4, 0.5) is 0 Å². The van der Waals surface area contributed by atoms with Gasteiger partial charge in [0, 0.05) is 6.04 Å². The number of rotatable bonds is 5. The average molecular weight is 276 g/mol. The fourth-order valence-electron chi connectivity index (χ4n) is 2.85. The fourth-order valence-corrected chi connectivity index (χ4v) is 2.85. The van der Waals surface area contributed by atoms with Gasteiger partial charge in [-0.25, -0.2) is 0 Å². The van der Waals surface area contributed by atoms with E-state index < -0.39 is 0 Å². The molecule has 0 aromatic heterocycles. The molecule has 0 radical (unpaired) electrons. The van der Waals surface area contributed by atoms with Crippen LogP contribution >= 0.6 is 0 Å². The van der Waals surface area contributed by atoms with E-state index in [9.17, 15) is 4.79 Å². The van der Waals surface area contributed by atoms with Gasteiger partial charge in [0.05, 0.1) is 19.1 Å². The summed E-state index contributed by atoms with van der Waals surface area (Å²) in [5.41, 5.74) is 7.10. The Bertz CT molecular complexity index is 444. The van der Waals surface area contributed by atoms with Crippen molar-refractivity contribution >= 4 is 5.91 Å². The number of hydrogen-bond donors (Lipinski definition) is 2. The van der Waals surface area contributed by atoms with Crippen LogP contribution in [0, 0.1) is 5.92 Å². The highest BCUT2D eigenvalue weighted by atomic mass is 16.5. The minimum atomic E-state index is -0.0256. The molecule has 0 heterocycles. The van der Waals surface area contributed by atoms with Gasteiger partial charge in [0.15, 0.2) is 0 Å². The number of carbonyl (C=O) groups is 1. The number of carbonyl (C=O) groups excluding carboxylic acids is 1. The van der Waals surface area contributed by atoms with Crippen LogP contribution in [0.5, 0.6) is 5.75 Å². The van der Waals surface area contributed by atoms with Gasteiger partial charge in [-0.1, -0.05) is 25.5 Å². The van der Waals surface area contributed by atoms with E-state index in [4.69, 9.17) is 10.5 Å². The topological polar surface area (TPSA) is 64.4 Å². The zero-order valence-electron chi connectivity index (χ0n) is 12.3. The molecule has 0 bridgehead atoms. The van der Waals surface area contributed by atoms with Gasteiger partial charge in [0.25, 0.3) is 0 Å². The van der Waals surface area contributed by atoms with Crippen LogP contribution in [-0.4, -0.2) is 19.1 Å². The summed E-state index contributed by atoms with van der Waals surface area (Å²) >= 11 is 0. The van der Waals surface area contributed by atoms with Crippen LogP contribution in [-0.2, 0) is 4.79 Å². The molecule has 1 amide bonds. The van der Waals surface area contributed by atoms with E-state index in [-0.39, 0.29) is 23.9 Å². The predicted octanol–water partition coefficient (Wildman–Crippen LogP) is 2.39. The van der Waals surface area contributed by atoms with E-state index in [1.807, 2.05) is 24.3 Å². The van der Waals surface area contributed by atoms with Gasteiger partial charge in [0.1, 0.15) is 5.75 Å². The molecule has 1 aromatic carbocycles. The molecular formula is C16H24N2O2. The van der Waals surface area contributed by atoms with Gasteiger partial charge >= 0.3 is 0 Å². The first-order valence-corrected chi connectivity index (χ1v) is 7.35. The predicted molar refractivity (Wildman–Crippen MR) is 79.5 cm³/mol. The standard InChI is InChI=1S/C16H24N2O2/c1-3-15(11-7-9-12(20-2)10-8-11)18-16(19)13-5-4-6-14(13)17/h7-10,13-15H,3-6,17H2,1-2H3,(H,18,19). The Balaban J connectivity index is 2.02. The Morgan fingerprint density at radius 2 is 2.10 bits per heavy atom. The minimum Gasteiger partial charge on any atom is -0.497 e. The van der Waals surface area contributed by atoms with Crippen molar-refractivity contribution in [2.75, 3.05) is 7.11 Å². The molecule has 3 N–H and O–H groups in total. The molecule has 1 fully saturated rings. The summed E-state index contributed by atoms with van der Waals surface area (Å²) < 4.78 is 5.16. The number of methoxy groups -OCH3 is 1. The van der Waals surface area contributed by atoms with Crippen molar-refractivity contribution in [3.8, 4) is 5.75 Å². The normalized spacial score (nSPS) is 23.4. The molecule has 20 heavy (non-hydrogen) atoms. The third-order valence-electron chi connectivity index (χ3n) is 4.15. The fraction of sp³-hybridized carbons (Fsp3) is 0.562. The summed E-state index contributed by atoms with van der Waals surface area (Å²) in [7, 11) is 1.65. The van der Waals surface area contributed by atoms with E-state index in [0.29, 0.717) is 0 Å². The minimum absolute atomic E-state index is 0.0170. The van der Waals surface area contributed by atoms with Gasteiger partial charge in [-0.2, -0.15) is 0 Å². The van der Waals surface area contributed by atoms with E-state index in [1.165, 1.54) is 0 Å². The van der Waals surface area contributed by atoms with Crippen LogP contribution in [0.2, 0.25) is 0 Å². The van der Waals surface area contributed by atoms with Crippen molar-refractivity contribution in [1.29, 1.82) is 0 Å². The van der Waals surface area contributed by atoms with Crippen LogP contribution < -0.4 is 15.8 Å². The third kappa shape index (κ3) is 3.31. The van der Waals surface area contributed by atoms with Crippen LogP contribution in [0.1, 0.15) is 44.2 Å². The second kappa shape index (κ2) is 6.75. The Hall–Kier alpha value is -1.55. The number of benzene rings is 1. The molecule has 4 heteroatoms. The van der Waals surface area contributed by atoms with Gasteiger partial charge in [-0.3, -0.25) is 4.79 Å². The average Bonchev–Trinajstić information content (AvgIpc) is 2.91. The van der Waals surface area contributed by atoms with Crippen molar-refractivity contribution in [2.24, 2.45) is 11.7 Å². The monoisotopic (exact) mass is 276 g/mol. The van der Waals surface area contributed by atoms with Gasteiger partial charge in [-0.15, -0.1) is 0 Å². The maximum absolute atomic E-state index is 12.3. The molecule has 1 aliphatic rings. The summed E-state index contributed by atoms with van der Waals surface area (Å²) in [5, 5.41) is 3.13. The van der Waals surface area contributed by atoms with Crippen molar-refractivity contribution in [3.63, 3.8) is 0 Å².